The average Bonchev–Trinajstić information content (AvgIpc) is 2.89. The highest BCUT2D eigenvalue weighted by Gasteiger charge is 2.13. The molecule has 6 nitrogen and oxygen atoms in total. The van der Waals surface area contributed by atoms with Crippen LogP contribution in [-0.2, 0) is 4.79 Å². The molecule has 190 valence electrons. The smallest absolute Gasteiger partial charge is 0.344 e. The fourth-order valence-corrected chi connectivity index (χ4v) is 3.62. The SMILES string of the molecule is CCCCCCCCOc1ccc(-c2ccc(C(=O)Oc3ccc(O[C@H](C)C(=O)O)cc3)cc2)cc1. The van der Waals surface area contributed by atoms with Crippen LogP contribution in [0.25, 0.3) is 11.1 Å². The van der Waals surface area contributed by atoms with Crippen molar-refractivity contribution in [1.29, 1.82) is 0 Å². The van der Waals surface area contributed by atoms with Crippen LogP contribution in [0.5, 0.6) is 17.2 Å². The summed E-state index contributed by atoms with van der Waals surface area (Å²) in [7, 11) is 0. The Labute approximate surface area is 212 Å². The minimum atomic E-state index is -1.05. The van der Waals surface area contributed by atoms with Crippen LogP contribution < -0.4 is 14.2 Å². The highest BCUT2D eigenvalue weighted by molar-refractivity contribution is 5.91. The Morgan fingerprint density at radius 2 is 1.25 bits per heavy atom. The topological polar surface area (TPSA) is 82.1 Å². The summed E-state index contributed by atoms with van der Waals surface area (Å²) >= 11 is 0. The Morgan fingerprint density at radius 3 is 1.86 bits per heavy atom. The number of ether oxygens (including phenoxy) is 3. The summed E-state index contributed by atoms with van der Waals surface area (Å²) in [6, 6.07) is 21.4. The predicted molar refractivity (Wildman–Crippen MR) is 140 cm³/mol. The number of hydrogen-bond acceptors (Lipinski definition) is 5. The average molecular weight is 491 g/mol. The van der Waals surface area contributed by atoms with E-state index in [0.717, 1.165) is 29.9 Å². The molecule has 0 fully saturated rings. The van der Waals surface area contributed by atoms with E-state index in [1.54, 1.807) is 36.4 Å². The number of benzene rings is 3. The third-order valence-corrected chi connectivity index (χ3v) is 5.77. The van der Waals surface area contributed by atoms with Gasteiger partial charge in [-0.3, -0.25) is 0 Å². The molecule has 0 aliphatic rings. The third kappa shape index (κ3) is 8.45. The van der Waals surface area contributed by atoms with Gasteiger partial charge in [-0.1, -0.05) is 63.3 Å². The number of hydrogen-bond donors (Lipinski definition) is 1. The van der Waals surface area contributed by atoms with Crippen molar-refractivity contribution in [2.45, 2.75) is 58.5 Å². The van der Waals surface area contributed by atoms with Gasteiger partial charge in [0.15, 0.2) is 6.10 Å². The first-order valence-electron chi connectivity index (χ1n) is 12.5. The van der Waals surface area contributed by atoms with Crippen LogP contribution in [0.1, 0.15) is 62.7 Å². The molecule has 0 aliphatic carbocycles. The molecule has 0 radical (unpaired) electrons. The maximum Gasteiger partial charge on any atom is 0.344 e. The number of rotatable bonds is 14. The van der Waals surface area contributed by atoms with Crippen molar-refractivity contribution in [3.8, 4) is 28.4 Å². The fraction of sp³-hybridized carbons (Fsp3) is 0.333. The number of carbonyl (C=O) groups excluding carboxylic acids is 1. The molecule has 36 heavy (non-hydrogen) atoms. The van der Waals surface area contributed by atoms with Crippen molar-refractivity contribution in [3.63, 3.8) is 0 Å². The van der Waals surface area contributed by atoms with E-state index in [4.69, 9.17) is 19.3 Å². The van der Waals surface area contributed by atoms with Gasteiger partial charge in [-0.05, 0) is 73.0 Å². The number of aliphatic carboxylic acids is 1. The summed E-state index contributed by atoms with van der Waals surface area (Å²) < 4.78 is 16.5. The van der Waals surface area contributed by atoms with E-state index in [-0.39, 0.29) is 0 Å². The third-order valence-electron chi connectivity index (χ3n) is 5.77. The first kappa shape index (κ1) is 26.8. The van der Waals surface area contributed by atoms with Gasteiger partial charge in [0.05, 0.1) is 12.2 Å². The molecule has 0 spiro atoms. The van der Waals surface area contributed by atoms with Crippen molar-refractivity contribution in [2.75, 3.05) is 6.61 Å². The molecule has 3 rings (SSSR count). The van der Waals surface area contributed by atoms with E-state index in [1.165, 1.54) is 39.0 Å². The van der Waals surface area contributed by atoms with Gasteiger partial charge in [0.2, 0.25) is 0 Å². The molecule has 3 aromatic rings. The molecule has 3 aromatic carbocycles. The molecule has 0 heterocycles. The summed E-state index contributed by atoms with van der Waals surface area (Å²) in [4.78, 5) is 23.4. The zero-order valence-electron chi connectivity index (χ0n) is 20.9. The Kier molecular flexibility index (Phi) is 10.4. The second-order valence-electron chi connectivity index (χ2n) is 8.68. The monoisotopic (exact) mass is 490 g/mol. The zero-order chi connectivity index (χ0) is 25.8. The Bertz CT molecular complexity index is 1090. The van der Waals surface area contributed by atoms with Crippen LogP contribution in [0, 0.1) is 0 Å². The van der Waals surface area contributed by atoms with E-state index in [2.05, 4.69) is 6.92 Å². The molecular weight excluding hydrogens is 456 g/mol. The minimum absolute atomic E-state index is 0.343. The lowest BCUT2D eigenvalue weighted by molar-refractivity contribution is -0.144. The second kappa shape index (κ2) is 13.9. The largest absolute Gasteiger partial charge is 0.494 e. The van der Waals surface area contributed by atoms with Crippen LogP contribution in [0.15, 0.2) is 72.8 Å². The van der Waals surface area contributed by atoms with Gasteiger partial charge in [0.25, 0.3) is 0 Å². The summed E-state index contributed by atoms with van der Waals surface area (Å²) in [6.45, 7) is 4.40. The quantitative estimate of drug-likeness (QED) is 0.147. The Hall–Kier alpha value is -3.80. The molecule has 0 aromatic heterocycles. The van der Waals surface area contributed by atoms with E-state index < -0.39 is 18.0 Å². The van der Waals surface area contributed by atoms with Crippen molar-refractivity contribution in [2.24, 2.45) is 0 Å². The van der Waals surface area contributed by atoms with E-state index in [9.17, 15) is 9.59 Å². The van der Waals surface area contributed by atoms with Crippen LogP contribution in [0.4, 0.5) is 0 Å². The Balaban J connectivity index is 1.48. The lowest BCUT2D eigenvalue weighted by Gasteiger charge is -2.11. The molecule has 0 saturated carbocycles. The Morgan fingerprint density at radius 1 is 0.722 bits per heavy atom. The van der Waals surface area contributed by atoms with E-state index in [1.807, 2.05) is 36.4 Å². The fourth-order valence-electron chi connectivity index (χ4n) is 3.62. The molecule has 0 bridgehead atoms. The molecule has 0 amide bonds. The van der Waals surface area contributed by atoms with Crippen molar-refractivity contribution in [1.82, 2.24) is 0 Å². The highest BCUT2D eigenvalue weighted by atomic mass is 16.5. The second-order valence-corrected chi connectivity index (χ2v) is 8.68. The van der Waals surface area contributed by atoms with Crippen molar-refractivity contribution >= 4 is 11.9 Å². The number of carboxylic acids is 1. The van der Waals surface area contributed by atoms with Gasteiger partial charge in [-0.2, -0.15) is 0 Å². The molecule has 0 saturated heterocycles. The molecule has 1 N–H and O–H groups in total. The van der Waals surface area contributed by atoms with Gasteiger partial charge in [-0.25, -0.2) is 9.59 Å². The van der Waals surface area contributed by atoms with Gasteiger partial charge in [0, 0.05) is 0 Å². The lowest BCUT2D eigenvalue weighted by Crippen LogP contribution is -2.22. The first-order chi connectivity index (χ1) is 17.5. The van der Waals surface area contributed by atoms with E-state index in [0.29, 0.717) is 17.1 Å². The number of carboxylic acid groups (broad SMARTS) is 1. The van der Waals surface area contributed by atoms with Gasteiger partial charge in [0.1, 0.15) is 17.2 Å². The molecular formula is C30H34O6. The zero-order valence-corrected chi connectivity index (χ0v) is 20.9. The van der Waals surface area contributed by atoms with Gasteiger partial charge < -0.3 is 19.3 Å². The minimum Gasteiger partial charge on any atom is -0.494 e. The maximum atomic E-state index is 12.5. The van der Waals surface area contributed by atoms with Gasteiger partial charge >= 0.3 is 11.9 Å². The highest BCUT2D eigenvalue weighted by Crippen LogP contribution is 2.24. The van der Waals surface area contributed by atoms with Crippen LogP contribution >= 0.6 is 0 Å². The van der Waals surface area contributed by atoms with Gasteiger partial charge in [-0.15, -0.1) is 0 Å². The first-order valence-corrected chi connectivity index (χ1v) is 12.5. The summed E-state index contributed by atoms with van der Waals surface area (Å²) in [5, 5.41) is 8.92. The van der Waals surface area contributed by atoms with Crippen molar-refractivity contribution in [3.05, 3.63) is 78.4 Å². The number of esters is 1. The molecule has 1 atom stereocenters. The van der Waals surface area contributed by atoms with Crippen LogP contribution in [0.3, 0.4) is 0 Å². The lowest BCUT2D eigenvalue weighted by atomic mass is 10.0. The standard InChI is InChI=1S/C30H34O6/c1-3-4-5-6-7-8-21-34-26-15-13-24(14-16-26)23-9-11-25(12-10-23)30(33)36-28-19-17-27(18-20-28)35-22(2)29(31)32/h9-20,22H,3-8,21H2,1-2H3,(H,31,32)/t22-/m1/s1. The normalized spacial score (nSPS) is 11.5. The number of unbranched alkanes of at least 4 members (excludes halogenated alkanes) is 5. The van der Waals surface area contributed by atoms with Crippen LogP contribution in [-0.4, -0.2) is 29.8 Å². The summed E-state index contributed by atoms with van der Waals surface area (Å²) in [6.07, 6.45) is 6.47. The van der Waals surface area contributed by atoms with Crippen LogP contribution in [0.2, 0.25) is 0 Å². The molecule has 6 heteroatoms. The molecule has 0 unspecified atom stereocenters. The predicted octanol–water partition coefficient (Wildman–Crippen LogP) is 7.16. The summed E-state index contributed by atoms with van der Waals surface area (Å²) in [5.41, 5.74) is 2.45. The number of carbonyl (C=O) groups is 2. The maximum absolute atomic E-state index is 12.5. The van der Waals surface area contributed by atoms with Crippen molar-refractivity contribution < 1.29 is 28.9 Å². The molecule has 0 aliphatic heterocycles. The van der Waals surface area contributed by atoms with E-state index >= 15 is 0 Å². The summed E-state index contributed by atoms with van der Waals surface area (Å²) in [5.74, 6) is 0.0551.